The number of aliphatic hydroxyl groups is 3. The lowest BCUT2D eigenvalue weighted by Gasteiger charge is -2.19. The molecule has 4 nitrogen and oxygen atoms in total. The van der Waals surface area contributed by atoms with E-state index in [-0.39, 0.29) is 6.61 Å². The van der Waals surface area contributed by atoms with E-state index < -0.39 is 25.0 Å². The molecule has 0 aromatic carbocycles. The fourth-order valence-electron chi connectivity index (χ4n) is 0.898. The minimum Gasteiger partial charge on any atom is -0.393 e. The molecule has 0 saturated carbocycles. The van der Waals surface area contributed by atoms with Crippen molar-refractivity contribution in [3.8, 4) is 0 Å². The van der Waals surface area contributed by atoms with Crippen molar-refractivity contribution in [1.29, 1.82) is 0 Å². The van der Waals surface area contributed by atoms with Gasteiger partial charge in [0.1, 0.15) is 12.2 Å². The second-order valence-electron chi connectivity index (χ2n) is 3.18. The van der Waals surface area contributed by atoms with E-state index in [1.807, 2.05) is 6.92 Å². The second-order valence-corrected chi connectivity index (χ2v) is 3.18. The van der Waals surface area contributed by atoms with Crippen LogP contribution in [0, 0.1) is 0 Å². The lowest BCUT2D eigenvalue weighted by molar-refractivity contribution is -0.0770. The van der Waals surface area contributed by atoms with Gasteiger partial charge in [0.05, 0.1) is 13.2 Å². The normalized spacial score (nSPS) is 17.8. The van der Waals surface area contributed by atoms with Gasteiger partial charge in [-0.15, -0.1) is 0 Å². The third kappa shape index (κ3) is 5.49. The second kappa shape index (κ2) is 8.11. The van der Waals surface area contributed by atoms with E-state index in [4.69, 9.17) is 14.9 Å². The molecule has 0 fully saturated rings. The number of ether oxygens (including phenoxy) is 1. The minimum atomic E-state index is -1.82. The van der Waals surface area contributed by atoms with E-state index in [0.717, 1.165) is 12.8 Å². The summed E-state index contributed by atoms with van der Waals surface area (Å²) in [5.41, 5.74) is 0. The van der Waals surface area contributed by atoms with Gasteiger partial charge < -0.3 is 20.1 Å². The smallest absolute Gasteiger partial charge is 0.151 e. The monoisotopic (exact) mass is 210 g/mol. The van der Waals surface area contributed by atoms with Gasteiger partial charge in [-0.25, -0.2) is 4.39 Å². The molecule has 0 amide bonds. The zero-order valence-electron chi connectivity index (χ0n) is 8.40. The van der Waals surface area contributed by atoms with E-state index >= 15 is 0 Å². The van der Waals surface area contributed by atoms with Crippen LogP contribution in [0.4, 0.5) is 4.39 Å². The van der Waals surface area contributed by atoms with Crippen LogP contribution in [0.5, 0.6) is 0 Å². The zero-order valence-corrected chi connectivity index (χ0v) is 8.40. The number of halogens is 1. The first-order valence-corrected chi connectivity index (χ1v) is 4.82. The quantitative estimate of drug-likeness (QED) is 0.487. The SMILES string of the molecule is CCCCOC[C@@H](O)C(O)C(F)CO. The Hall–Kier alpha value is -0.230. The van der Waals surface area contributed by atoms with E-state index in [1.54, 1.807) is 0 Å². The van der Waals surface area contributed by atoms with Crippen LogP contribution in [0.25, 0.3) is 0 Å². The Morgan fingerprint density at radius 1 is 1.36 bits per heavy atom. The fraction of sp³-hybridized carbons (Fsp3) is 1.00. The van der Waals surface area contributed by atoms with Crippen molar-refractivity contribution in [1.82, 2.24) is 0 Å². The van der Waals surface area contributed by atoms with E-state index in [2.05, 4.69) is 0 Å². The molecule has 5 heteroatoms. The molecule has 86 valence electrons. The molecular weight excluding hydrogens is 191 g/mol. The highest BCUT2D eigenvalue weighted by Crippen LogP contribution is 2.04. The van der Waals surface area contributed by atoms with E-state index in [0.29, 0.717) is 6.61 Å². The Kier molecular flexibility index (Phi) is 7.98. The Balaban J connectivity index is 3.56. The Bertz CT molecular complexity index is 134. The molecule has 0 aliphatic heterocycles. The molecule has 3 N–H and O–H groups in total. The maximum Gasteiger partial charge on any atom is 0.151 e. The minimum absolute atomic E-state index is 0.110. The summed E-state index contributed by atoms with van der Waals surface area (Å²) in [4.78, 5) is 0. The van der Waals surface area contributed by atoms with E-state index in [9.17, 15) is 9.50 Å². The molecule has 0 aliphatic rings. The lowest BCUT2D eigenvalue weighted by atomic mass is 10.1. The molecule has 0 aromatic rings. The molecule has 2 unspecified atom stereocenters. The topological polar surface area (TPSA) is 69.9 Å². The van der Waals surface area contributed by atoms with Gasteiger partial charge in [0, 0.05) is 6.61 Å². The highest BCUT2D eigenvalue weighted by Gasteiger charge is 2.25. The molecule has 14 heavy (non-hydrogen) atoms. The molecule has 0 spiro atoms. The number of aliphatic hydroxyl groups excluding tert-OH is 3. The van der Waals surface area contributed by atoms with Crippen LogP contribution in [0.3, 0.4) is 0 Å². The molecule has 0 aromatic heterocycles. The Labute approximate surface area is 83.3 Å². The highest BCUT2D eigenvalue weighted by atomic mass is 19.1. The van der Waals surface area contributed by atoms with Gasteiger partial charge in [-0.2, -0.15) is 0 Å². The first kappa shape index (κ1) is 13.8. The van der Waals surface area contributed by atoms with Crippen molar-refractivity contribution in [3.05, 3.63) is 0 Å². The third-order valence-electron chi connectivity index (χ3n) is 1.87. The summed E-state index contributed by atoms with van der Waals surface area (Å²) in [5, 5.41) is 26.6. The van der Waals surface area contributed by atoms with Gasteiger partial charge in [-0.3, -0.25) is 0 Å². The predicted octanol–water partition coefficient (Wildman–Crippen LogP) is -0.145. The van der Waals surface area contributed by atoms with Gasteiger partial charge in [0.2, 0.25) is 0 Å². The third-order valence-corrected chi connectivity index (χ3v) is 1.87. The molecule has 0 saturated heterocycles. The van der Waals surface area contributed by atoms with Gasteiger partial charge >= 0.3 is 0 Å². The average molecular weight is 210 g/mol. The van der Waals surface area contributed by atoms with Crippen molar-refractivity contribution in [2.24, 2.45) is 0 Å². The summed E-state index contributed by atoms with van der Waals surface area (Å²) in [6.07, 6.45) is -2.85. The molecule has 0 aliphatic carbocycles. The molecule has 0 radical (unpaired) electrons. The van der Waals surface area contributed by atoms with Crippen molar-refractivity contribution in [2.75, 3.05) is 19.8 Å². The maximum absolute atomic E-state index is 12.6. The van der Waals surface area contributed by atoms with Crippen molar-refractivity contribution >= 4 is 0 Å². The predicted molar refractivity (Wildman–Crippen MR) is 49.7 cm³/mol. The van der Waals surface area contributed by atoms with Crippen LogP contribution in [0.1, 0.15) is 19.8 Å². The van der Waals surface area contributed by atoms with Crippen LogP contribution < -0.4 is 0 Å². The van der Waals surface area contributed by atoms with Crippen LogP contribution in [-0.2, 0) is 4.74 Å². The Morgan fingerprint density at radius 3 is 2.50 bits per heavy atom. The van der Waals surface area contributed by atoms with Gasteiger partial charge in [-0.1, -0.05) is 13.3 Å². The number of alkyl halides is 1. The summed E-state index contributed by atoms with van der Waals surface area (Å²) < 4.78 is 17.6. The van der Waals surface area contributed by atoms with Crippen LogP contribution in [0.2, 0.25) is 0 Å². The van der Waals surface area contributed by atoms with Crippen molar-refractivity contribution in [2.45, 2.75) is 38.1 Å². The summed E-state index contributed by atoms with van der Waals surface area (Å²) >= 11 is 0. The first-order chi connectivity index (χ1) is 6.63. The maximum atomic E-state index is 12.6. The molecule has 0 heterocycles. The number of hydrogen-bond donors (Lipinski definition) is 3. The summed E-state index contributed by atoms with van der Waals surface area (Å²) in [7, 11) is 0. The number of rotatable bonds is 8. The standard InChI is InChI=1S/C9H19FO4/c1-2-3-4-14-6-8(12)9(13)7(10)5-11/h7-9,11-13H,2-6H2,1H3/t7?,8-,9?/m1/s1. The first-order valence-electron chi connectivity index (χ1n) is 4.82. The average Bonchev–Trinajstić information content (AvgIpc) is 2.21. The summed E-state index contributed by atoms with van der Waals surface area (Å²) in [6, 6.07) is 0. The largest absolute Gasteiger partial charge is 0.393 e. The molecular formula is C9H19FO4. The van der Waals surface area contributed by atoms with Gasteiger partial charge in [0.15, 0.2) is 6.17 Å². The molecule has 0 rings (SSSR count). The molecule has 3 atom stereocenters. The van der Waals surface area contributed by atoms with E-state index in [1.165, 1.54) is 0 Å². The summed E-state index contributed by atoms with van der Waals surface area (Å²) in [5.74, 6) is 0. The van der Waals surface area contributed by atoms with Crippen LogP contribution >= 0.6 is 0 Å². The van der Waals surface area contributed by atoms with Crippen molar-refractivity contribution < 1.29 is 24.4 Å². The number of hydrogen-bond acceptors (Lipinski definition) is 4. The Morgan fingerprint density at radius 2 is 2.00 bits per heavy atom. The molecule has 0 bridgehead atoms. The highest BCUT2D eigenvalue weighted by molar-refractivity contribution is 4.74. The summed E-state index contributed by atoms with van der Waals surface area (Å²) in [6.45, 7) is 1.57. The lowest BCUT2D eigenvalue weighted by Crippen LogP contribution is -2.39. The van der Waals surface area contributed by atoms with Crippen LogP contribution in [-0.4, -0.2) is 53.5 Å². The fourth-order valence-corrected chi connectivity index (χ4v) is 0.898. The van der Waals surface area contributed by atoms with Crippen LogP contribution in [0.15, 0.2) is 0 Å². The van der Waals surface area contributed by atoms with Crippen molar-refractivity contribution in [3.63, 3.8) is 0 Å². The zero-order chi connectivity index (χ0) is 11.0. The van der Waals surface area contributed by atoms with Gasteiger partial charge in [0.25, 0.3) is 0 Å². The number of unbranched alkanes of at least 4 members (excludes halogenated alkanes) is 1. The van der Waals surface area contributed by atoms with Gasteiger partial charge in [-0.05, 0) is 6.42 Å².